The topological polar surface area (TPSA) is 43.4 Å². The molecule has 0 aliphatic heterocycles. The number of ketones is 1. The highest BCUT2D eigenvalue weighted by atomic mass is 79.9. The maximum absolute atomic E-state index is 12.2. The fraction of sp³-hybridized carbons (Fsp3) is 0.500. The van der Waals surface area contributed by atoms with Gasteiger partial charge in [-0.1, -0.05) is 94.1 Å². The lowest BCUT2D eigenvalue weighted by Gasteiger charge is -2.25. The number of halogens is 4. The van der Waals surface area contributed by atoms with Crippen LogP contribution in [-0.2, 0) is 14.3 Å². The van der Waals surface area contributed by atoms with Crippen molar-refractivity contribution in [3.63, 3.8) is 0 Å². The highest BCUT2D eigenvalue weighted by Crippen LogP contribution is 2.38. The minimum Gasteiger partial charge on any atom is -0.466 e. The maximum atomic E-state index is 12.2. The van der Waals surface area contributed by atoms with Gasteiger partial charge in [0.2, 0.25) is 0 Å². The second-order valence-corrected chi connectivity index (χ2v) is 8.96. The van der Waals surface area contributed by atoms with Crippen LogP contribution in [0.2, 0.25) is 0 Å². The Morgan fingerprint density at radius 1 is 1.00 bits per heavy atom. The fourth-order valence-electron chi connectivity index (χ4n) is 1.92. The fourth-order valence-corrected chi connectivity index (χ4v) is 5.14. The van der Waals surface area contributed by atoms with E-state index in [-0.39, 0.29) is 39.1 Å². The van der Waals surface area contributed by atoms with Gasteiger partial charge in [-0.05, 0) is 12.5 Å². The van der Waals surface area contributed by atoms with E-state index < -0.39 is 4.83 Å². The van der Waals surface area contributed by atoms with Crippen LogP contribution in [-0.4, -0.2) is 32.8 Å². The molecule has 0 aromatic heterocycles. The van der Waals surface area contributed by atoms with Crippen molar-refractivity contribution in [1.29, 1.82) is 0 Å². The molecule has 0 saturated heterocycles. The summed E-state index contributed by atoms with van der Waals surface area (Å²) in [5.74, 6) is -0.373. The molecule has 4 atom stereocenters. The highest BCUT2D eigenvalue weighted by molar-refractivity contribution is 9.14. The summed E-state index contributed by atoms with van der Waals surface area (Å²) in [7, 11) is 0. The predicted octanol–water partition coefficient (Wildman–Crippen LogP) is 5.33. The van der Waals surface area contributed by atoms with Gasteiger partial charge in [-0.3, -0.25) is 9.59 Å². The second-order valence-electron chi connectivity index (χ2n) is 4.87. The van der Waals surface area contributed by atoms with Crippen molar-refractivity contribution >= 4 is 75.5 Å². The van der Waals surface area contributed by atoms with Crippen molar-refractivity contribution < 1.29 is 14.3 Å². The van der Waals surface area contributed by atoms with Crippen LogP contribution in [0.5, 0.6) is 0 Å². The van der Waals surface area contributed by atoms with E-state index in [9.17, 15) is 9.59 Å². The molecule has 0 unspecified atom stereocenters. The zero-order valence-corrected chi connectivity index (χ0v) is 18.9. The maximum Gasteiger partial charge on any atom is 0.306 e. The zero-order chi connectivity index (χ0) is 17.4. The first-order valence-electron chi connectivity index (χ1n) is 7.18. The van der Waals surface area contributed by atoms with Crippen molar-refractivity contribution in [3.8, 4) is 0 Å². The molecule has 0 aliphatic rings. The molecular weight excluding hydrogens is 560 g/mol. The number of alkyl halides is 4. The van der Waals surface area contributed by atoms with Crippen molar-refractivity contribution in [2.75, 3.05) is 6.61 Å². The van der Waals surface area contributed by atoms with Crippen LogP contribution < -0.4 is 0 Å². The Hall–Kier alpha value is 0.280. The first-order valence-corrected chi connectivity index (χ1v) is 10.8. The lowest BCUT2D eigenvalue weighted by Crippen LogP contribution is -2.33. The molecule has 7 heteroatoms. The Bertz CT molecular complexity index is 509. The summed E-state index contributed by atoms with van der Waals surface area (Å²) >= 11 is 14.3. The molecule has 0 radical (unpaired) electrons. The van der Waals surface area contributed by atoms with Gasteiger partial charge in [0.25, 0.3) is 0 Å². The molecule has 1 rings (SSSR count). The molecule has 0 heterocycles. The van der Waals surface area contributed by atoms with E-state index in [0.717, 1.165) is 5.56 Å². The number of carbonyl (C=O) groups is 2. The van der Waals surface area contributed by atoms with Crippen molar-refractivity contribution in [2.45, 2.75) is 39.1 Å². The van der Waals surface area contributed by atoms with Crippen LogP contribution >= 0.6 is 63.7 Å². The second kappa shape index (κ2) is 11.0. The molecule has 0 saturated carbocycles. The molecule has 0 amide bonds. The molecule has 0 N–H and O–H groups in total. The molecule has 1 aromatic carbocycles. The smallest absolute Gasteiger partial charge is 0.306 e. The Morgan fingerprint density at radius 2 is 1.61 bits per heavy atom. The molecule has 0 bridgehead atoms. The van der Waals surface area contributed by atoms with Crippen LogP contribution in [0.4, 0.5) is 0 Å². The van der Waals surface area contributed by atoms with Gasteiger partial charge < -0.3 is 4.74 Å². The Labute approximate surface area is 170 Å². The average Bonchev–Trinajstić information content (AvgIpc) is 2.58. The van der Waals surface area contributed by atoms with Crippen molar-refractivity contribution in [3.05, 3.63) is 35.9 Å². The molecule has 0 fully saturated rings. The number of hydrogen-bond acceptors (Lipinski definition) is 3. The van der Waals surface area contributed by atoms with Gasteiger partial charge in [-0.15, -0.1) is 0 Å². The van der Waals surface area contributed by atoms with E-state index in [1.54, 1.807) is 6.92 Å². The summed E-state index contributed by atoms with van der Waals surface area (Å²) in [5, 5.41) is 0. The van der Waals surface area contributed by atoms with Gasteiger partial charge in [0, 0.05) is 16.1 Å². The lowest BCUT2D eigenvalue weighted by molar-refractivity contribution is -0.144. The average molecular weight is 578 g/mol. The third kappa shape index (κ3) is 6.96. The standard InChI is InChI=1S/C16H18Br4O3/c1-2-23-12(22)9-8-11(21)14(18)16(20)15(19)13(17)10-6-4-3-5-7-10/h3-7,13-16H,2,8-9H2,1H3/t13-,14-,15+,16-/m0/s1. The van der Waals surface area contributed by atoms with Gasteiger partial charge in [-0.2, -0.15) is 0 Å². The summed E-state index contributed by atoms with van der Waals surface area (Å²) in [4.78, 5) is 23.1. The van der Waals surface area contributed by atoms with E-state index in [0.29, 0.717) is 6.61 Å². The van der Waals surface area contributed by atoms with E-state index in [1.165, 1.54) is 0 Å². The quantitative estimate of drug-likeness (QED) is 0.295. The van der Waals surface area contributed by atoms with E-state index in [4.69, 9.17) is 4.74 Å². The number of hydrogen-bond donors (Lipinski definition) is 0. The first kappa shape index (κ1) is 21.3. The van der Waals surface area contributed by atoms with Gasteiger partial charge >= 0.3 is 5.97 Å². The van der Waals surface area contributed by atoms with E-state index in [2.05, 4.69) is 63.7 Å². The summed E-state index contributed by atoms with van der Waals surface area (Å²) in [6, 6.07) is 9.97. The summed E-state index contributed by atoms with van der Waals surface area (Å²) < 4.78 is 4.84. The van der Waals surface area contributed by atoms with Gasteiger partial charge in [-0.25, -0.2) is 0 Å². The molecule has 128 valence electrons. The zero-order valence-electron chi connectivity index (χ0n) is 12.6. The molecule has 3 nitrogen and oxygen atoms in total. The van der Waals surface area contributed by atoms with Crippen molar-refractivity contribution in [1.82, 2.24) is 0 Å². The van der Waals surface area contributed by atoms with Crippen LogP contribution in [0.3, 0.4) is 0 Å². The lowest BCUT2D eigenvalue weighted by atomic mass is 10.0. The SMILES string of the molecule is CCOC(=O)CCC(=O)[C@H](Br)[C@H](Br)[C@H](Br)[C@@H](Br)c1ccccc1. The molecule has 23 heavy (non-hydrogen) atoms. The normalized spacial score (nSPS) is 16.2. The van der Waals surface area contributed by atoms with Gasteiger partial charge in [0.15, 0.2) is 0 Å². The number of Topliss-reactive ketones (excluding diaryl/α,β-unsaturated/α-hetero) is 1. The number of carbonyl (C=O) groups excluding carboxylic acids is 2. The highest BCUT2D eigenvalue weighted by Gasteiger charge is 2.33. The summed E-state index contributed by atoms with van der Waals surface area (Å²) in [6.07, 6.45) is 0.271. The third-order valence-electron chi connectivity index (χ3n) is 3.17. The number of rotatable bonds is 9. The molecule has 0 spiro atoms. The summed E-state index contributed by atoms with van der Waals surface area (Å²) in [6.45, 7) is 2.08. The number of benzene rings is 1. The van der Waals surface area contributed by atoms with Crippen molar-refractivity contribution in [2.24, 2.45) is 0 Å². The van der Waals surface area contributed by atoms with Gasteiger partial charge in [0.1, 0.15) is 5.78 Å². The number of esters is 1. The first-order chi connectivity index (χ1) is 10.9. The van der Waals surface area contributed by atoms with Crippen LogP contribution in [0, 0.1) is 0 Å². The largest absolute Gasteiger partial charge is 0.466 e. The van der Waals surface area contributed by atoms with E-state index >= 15 is 0 Å². The minimum atomic E-state index is -0.398. The minimum absolute atomic E-state index is 0.0131. The monoisotopic (exact) mass is 574 g/mol. The van der Waals surface area contributed by atoms with Gasteiger partial charge in [0.05, 0.1) is 22.7 Å². The molecular formula is C16H18Br4O3. The molecule has 0 aliphatic carbocycles. The van der Waals surface area contributed by atoms with Crippen LogP contribution in [0.1, 0.15) is 30.2 Å². The van der Waals surface area contributed by atoms with E-state index in [1.807, 2.05) is 30.3 Å². The third-order valence-corrected chi connectivity index (χ3v) is 9.67. The number of ether oxygens (including phenoxy) is 1. The van der Waals surface area contributed by atoms with Crippen LogP contribution in [0.25, 0.3) is 0 Å². The Balaban J connectivity index is 2.59. The molecule has 1 aromatic rings. The van der Waals surface area contributed by atoms with Crippen LogP contribution in [0.15, 0.2) is 30.3 Å². The Kier molecular flexibility index (Phi) is 10.2. The summed E-state index contributed by atoms with van der Waals surface area (Å²) in [5.41, 5.74) is 1.12. The Morgan fingerprint density at radius 3 is 2.17 bits per heavy atom. The predicted molar refractivity (Wildman–Crippen MR) is 107 cm³/mol.